The summed E-state index contributed by atoms with van der Waals surface area (Å²) in [5, 5.41) is 0. The molecule has 1 rings (SSSR count). The van der Waals surface area contributed by atoms with Crippen LogP contribution in [-0.2, 0) is 9.53 Å². The van der Waals surface area contributed by atoms with E-state index in [1.54, 1.807) is 0 Å². The van der Waals surface area contributed by atoms with Crippen LogP contribution < -0.4 is 0 Å². The Kier molecular flexibility index (Phi) is 2.68. The summed E-state index contributed by atoms with van der Waals surface area (Å²) < 4.78 is 4.99. The van der Waals surface area contributed by atoms with E-state index in [2.05, 4.69) is 0 Å². The predicted molar refractivity (Wildman–Crippen MR) is 42.8 cm³/mol. The van der Waals surface area contributed by atoms with E-state index in [-0.39, 0.29) is 31.1 Å². The zero-order valence-electron chi connectivity index (χ0n) is 7.37. The second kappa shape index (κ2) is 3.56. The van der Waals surface area contributed by atoms with Gasteiger partial charge in [0.1, 0.15) is 6.10 Å². The molecule has 0 aromatic carbocycles. The van der Waals surface area contributed by atoms with Gasteiger partial charge in [-0.2, -0.15) is 0 Å². The summed E-state index contributed by atoms with van der Waals surface area (Å²) in [6.07, 6.45) is 0.366. The lowest BCUT2D eigenvalue weighted by atomic mass is 10.2. The van der Waals surface area contributed by atoms with Crippen LogP contribution >= 0.6 is 0 Å². The molecule has 0 spiro atoms. The van der Waals surface area contributed by atoms with E-state index >= 15 is 0 Å². The van der Waals surface area contributed by atoms with Gasteiger partial charge < -0.3 is 4.74 Å². The van der Waals surface area contributed by atoms with Gasteiger partial charge in [0.2, 0.25) is 0 Å². The molecule has 0 radical (unpaired) electrons. The van der Waals surface area contributed by atoms with Crippen molar-refractivity contribution in [3.8, 4) is 0 Å². The van der Waals surface area contributed by atoms with E-state index in [9.17, 15) is 9.59 Å². The number of rotatable bonds is 2. The second-order valence-corrected chi connectivity index (χ2v) is 3.00. The number of hydrogen-bond donors (Lipinski definition) is 0. The largest absolute Gasteiger partial charge is 0.446 e. The molecule has 1 fully saturated rings. The van der Waals surface area contributed by atoms with Gasteiger partial charge in [-0.1, -0.05) is 6.92 Å². The van der Waals surface area contributed by atoms with Gasteiger partial charge in [-0.3, -0.25) is 9.69 Å². The number of ether oxygens (including phenoxy) is 1. The van der Waals surface area contributed by atoms with Crippen molar-refractivity contribution >= 4 is 11.9 Å². The van der Waals surface area contributed by atoms with E-state index in [1.165, 1.54) is 4.90 Å². The van der Waals surface area contributed by atoms with E-state index < -0.39 is 0 Å². The molecule has 1 aliphatic rings. The molecule has 0 saturated carbocycles. The maximum absolute atomic E-state index is 11.1. The number of carbonyl (C=O) groups excluding carboxylic acids is 2. The second-order valence-electron chi connectivity index (χ2n) is 3.00. The van der Waals surface area contributed by atoms with E-state index in [4.69, 9.17) is 4.74 Å². The number of likely N-dealkylation sites (tertiary alicyclic amines) is 1. The third-order valence-electron chi connectivity index (χ3n) is 1.87. The highest BCUT2D eigenvalue weighted by Gasteiger charge is 2.29. The van der Waals surface area contributed by atoms with Gasteiger partial charge in [0.05, 0.1) is 13.1 Å². The number of ketones is 1. The zero-order chi connectivity index (χ0) is 9.14. The first-order chi connectivity index (χ1) is 5.63. The summed E-state index contributed by atoms with van der Waals surface area (Å²) in [7, 11) is 0. The van der Waals surface area contributed by atoms with Crippen molar-refractivity contribution in [2.24, 2.45) is 0 Å². The van der Waals surface area contributed by atoms with Gasteiger partial charge in [0.15, 0.2) is 5.78 Å². The van der Waals surface area contributed by atoms with E-state index in [0.717, 1.165) is 6.42 Å². The van der Waals surface area contributed by atoms with Gasteiger partial charge in [-0.15, -0.1) is 0 Å². The molecule has 4 nitrogen and oxygen atoms in total. The van der Waals surface area contributed by atoms with Crippen LogP contribution in [0.25, 0.3) is 0 Å². The molecule has 0 bridgehead atoms. The van der Waals surface area contributed by atoms with Gasteiger partial charge >= 0.3 is 6.09 Å². The highest BCUT2D eigenvalue weighted by atomic mass is 16.6. The summed E-state index contributed by atoms with van der Waals surface area (Å²) in [6, 6.07) is 0. The quantitative estimate of drug-likeness (QED) is 0.617. The number of Topliss-reactive ketones (excluding diaryl/α,β-unsaturated/α-hetero) is 1. The van der Waals surface area contributed by atoms with Crippen LogP contribution in [0.3, 0.4) is 0 Å². The van der Waals surface area contributed by atoms with Gasteiger partial charge in [0.25, 0.3) is 0 Å². The van der Waals surface area contributed by atoms with Crippen molar-refractivity contribution in [2.45, 2.75) is 26.4 Å². The van der Waals surface area contributed by atoms with Crippen LogP contribution in [0.2, 0.25) is 0 Å². The summed E-state index contributed by atoms with van der Waals surface area (Å²) in [5.74, 6) is 0.0936. The minimum Gasteiger partial charge on any atom is -0.446 e. The summed E-state index contributed by atoms with van der Waals surface area (Å²) in [6.45, 7) is 4.21. The van der Waals surface area contributed by atoms with Crippen molar-refractivity contribution in [3.05, 3.63) is 0 Å². The lowest BCUT2D eigenvalue weighted by molar-refractivity contribution is -0.128. The Morgan fingerprint density at radius 1 is 1.67 bits per heavy atom. The van der Waals surface area contributed by atoms with Crippen LogP contribution in [-0.4, -0.2) is 36.0 Å². The summed E-state index contributed by atoms with van der Waals surface area (Å²) >= 11 is 0. The van der Waals surface area contributed by atoms with Crippen LogP contribution in [0.4, 0.5) is 4.79 Å². The van der Waals surface area contributed by atoms with Crippen LogP contribution in [0, 0.1) is 0 Å². The predicted octanol–water partition coefficient (Wildman–Crippen LogP) is 0.806. The molecule has 1 amide bonds. The molecule has 1 saturated heterocycles. The molecule has 4 heteroatoms. The highest BCUT2D eigenvalue weighted by molar-refractivity contribution is 5.94. The fraction of sp³-hybridized carbons (Fsp3) is 0.750. The van der Waals surface area contributed by atoms with E-state index in [1.807, 2.05) is 13.8 Å². The number of nitrogens with zero attached hydrogens (tertiary/aromatic N) is 1. The maximum Gasteiger partial charge on any atom is 0.410 e. The first-order valence-corrected chi connectivity index (χ1v) is 4.10. The van der Waals surface area contributed by atoms with Gasteiger partial charge in [-0.05, 0) is 13.3 Å². The number of hydrogen-bond acceptors (Lipinski definition) is 3. The van der Waals surface area contributed by atoms with Crippen LogP contribution in [0.5, 0.6) is 0 Å². The monoisotopic (exact) mass is 171 g/mol. The first-order valence-electron chi connectivity index (χ1n) is 4.10. The Morgan fingerprint density at radius 2 is 2.25 bits per heavy atom. The Morgan fingerprint density at radius 3 is 2.67 bits per heavy atom. The maximum atomic E-state index is 11.1. The zero-order valence-corrected chi connectivity index (χ0v) is 7.37. The third kappa shape index (κ3) is 1.96. The Bertz CT molecular complexity index is 194. The van der Waals surface area contributed by atoms with Crippen molar-refractivity contribution in [3.63, 3.8) is 0 Å². The Hall–Kier alpha value is -1.06. The SMILES string of the molecule is CCC(C)OC(=O)N1CC(=O)C1. The molecule has 0 aliphatic carbocycles. The molecule has 68 valence electrons. The van der Waals surface area contributed by atoms with Crippen molar-refractivity contribution in [1.29, 1.82) is 0 Å². The normalized spacial score (nSPS) is 18.5. The van der Waals surface area contributed by atoms with Gasteiger partial charge in [-0.25, -0.2) is 4.79 Å². The first kappa shape index (κ1) is 9.03. The highest BCUT2D eigenvalue weighted by Crippen LogP contribution is 2.07. The number of carbonyl (C=O) groups is 2. The van der Waals surface area contributed by atoms with Crippen LogP contribution in [0.1, 0.15) is 20.3 Å². The molecule has 0 aromatic heterocycles. The average molecular weight is 171 g/mol. The van der Waals surface area contributed by atoms with Crippen molar-refractivity contribution < 1.29 is 14.3 Å². The molecule has 0 aromatic rings. The molecular weight excluding hydrogens is 158 g/mol. The van der Waals surface area contributed by atoms with E-state index in [0.29, 0.717) is 0 Å². The molecule has 1 atom stereocenters. The smallest absolute Gasteiger partial charge is 0.410 e. The Balaban J connectivity index is 2.25. The fourth-order valence-corrected chi connectivity index (χ4v) is 0.839. The standard InChI is InChI=1S/C8H13NO3/c1-3-6(2)12-8(11)9-4-7(10)5-9/h6H,3-5H2,1-2H3. The lowest BCUT2D eigenvalue weighted by Crippen LogP contribution is -2.51. The minimum absolute atomic E-state index is 0.0618. The number of amides is 1. The lowest BCUT2D eigenvalue weighted by Gasteiger charge is -2.29. The molecule has 1 aliphatic heterocycles. The molecule has 12 heavy (non-hydrogen) atoms. The summed E-state index contributed by atoms with van der Waals surface area (Å²) in [4.78, 5) is 23.0. The minimum atomic E-state index is -0.371. The molecule has 1 unspecified atom stereocenters. The molecular formula is C8H13NO3. The fourth-order valence-electron chi connectivity index (χ4n) is 0.839. The third-order valence-corrected chi connectivity index (χ3v) is 1.87. The van der Waals surface area contributed by atoms with Crippen molar-refractivity contribution in [2.75, 3.05) is 13.1 Å². The van der Waals surface area contributed by atoms with Gasteiger partial charge in [0, 0.05) is 0 Å². The van der Waals surface area contributed by atoms with Crippen molar-refractivity contribution in [1.82, 2.24) is 4.90 Å². The van der Waals surface area contributed by atoms with Crippen LogP contribution in [0.15, 0.2) is 0 Å². The average Bonchev–Trinajstić information content (AvgIpc) is 1.98. The molecule has 0 N–H and O–H groups in total. The molecule has 1 heterocycles. The topological polar surface area (TPSA) is 46.6 Å². The summed E-state index contributed by atoms with van der Waals surface area (Å²) in [5.41, 5.74) is 0. The Labute approximate surface area is 71.5 Å².